The fourth-order valence-corrected chi connectivity index (χ4v) is 8.69. The van der Waals surface area contributed by atoms with Crippen molar-refractivity contribution >= 4 is 67.8 Å². The van der Waals surface area contributed by atoms with Crippen LogP contribution < -0.4 is 20.9 Å². The third-order valence-electron chi connectivity index (χ3n) is 11.2. The molecule has 0 radical (unpaired) electrons. The minimum Gasteiger partial charge on any atom is -0.382 e. The lowest BCUT2D eigenvalue weighted by Gasteiger charge is -2.27. The zero-order chi connectivity index (χ0) is 49.1. The Hall–Kier alpha value is -6.25. The Kier molecular flexibility index (Phi) is 16.8. The smallest absolute Gasteiger partial charge is 0.312 e. The lowest BCUT2D eigenvalue weighted by molar-refractivity contribution is -0.149. The van der Waals surface area contributed by atoms with Gasteiger partial charge in [0.1, 0.15) is 17.7 Å². The number of nitrogens with one attached hydrogen (secondary N) is 4. The molecule has 7 rings (SSSR count). The normalized spacial score (nSPS) is 18.4. The van der Waals surface area contributed by atoms with E-state index in [9.17, 15) is 51.1 Å². The number of rotatable bonds is 26. The number of nitrogens with zero attached hydrogens (tertiary/aromatic N) is 2. The van der Waals surface area contributed by atoms with Crippen LogP contribution in [0.3, 0.4) is 0 Å². The molecule has 4 heterocycles. The first-order valence-electron chi connectivity index (χ1n) is 21.9. The summed E-state index contributed by atoms with van der Waals surface area (Å²) in [6.45, 7) is 2.19. The number of imide groups is 2. The molecule has 2 fully saturated rings. The monoisotopic (exact) mass is 984 g/mol. The number of aliphatic hydroxyl groups is 1. The van der Waals surface area contributed by atoms with Crippen molar-refractivity contribution in [2.75, 3.05) is 96.0 Å². The van der Waals surface area contributed by atoms with Gasteiger partial charge in [0.25, 0.3) is 23.6 Å². The molecule has 24 heteroatoms. The number of ether oxygens (including phenoxy) is 5. The number of aromatic nitrogens is 1. The van der Waals surface area contributed by atoms with Gasteiger partial charge in [0.15, 0.2) is 5.03 Å². The quantitative estimate of drug-likeness (QED) is 0.0258. The highest BCUT2D eigenvalue weighted by Gasteiger charge is 2.52. The Morgan fingerprint density at radius 3 is 2.09 bits per heavy atom. The predicted octanol–water partition coefficient (Wildman–Crippen LogP) is 1.53. The summed E-state index contributed by atoms with van der Waals surface area (Å²) < 4.78 is 85.4. The molecule has 0 spiro atoms. The second-order valence-corrected chi connectivity index (χ2v) is 17.5. The van der Waals surface area contributed by atoms with Crippen LogP contribution in [0, 0.1) is 11.6 Å². The molecule has 21 nitrogen and oxygen atoms in total. The van der Waals surface area contributed by atoms with Gasteiger partial charge in [0.05, 0.1) is 83.8 Å². The summed E-state index contributed by atoms with van der Waals surface area (Å²) in [6.07, 6.45) is -0.150. The average molecular weight is 985 g/mol. The number of H-pyrrole nitrogens is 1. The van der Waals surface area contributed by atoms with Crippen molar-refractivity contribution in [3.8, 4) is 0 Å². The maximum atomic E-state index is 13.5. The van der Waals surface area contributed by atoms with E-state index in [2.05, 4.69) is 20.9 Å². The second kappa shape index (κ2) is 22.9. The third-order valence-corrected chi connectivity index (χ3v) is 12.4. The lowest BCUT2D eigenvalue weighted by atomic mass is 10.0. The van der Waals surface area contributed by atoms with E-state index in [1.807, 2.05) is 0 Å². The van der Waals surface area contributed by atoms with Crippen LogP contribution in [0.5, 0.6) is 0 Å². The molecule has 3 aromatic carbocycles. The van der Waals surface area contributed by atoms with Crippen molar-refractivity contribution < 1.29 is 78.9 Å². The van der Waals surface area contributed by atoms with E-state index in [1.165, 1.54) is 35.2 Å². The van der Waals surface area contributed by atoms with E-state index in [0.717, 1.165) is 17.0 Å². The summed E-state index contributed by atoms with van der Waals surface area (Å²) in [5.74, 6) is -5.92. The molecular weight excluding hydrogens is 935 g/mol. The van der Waals surface area contributed by atoms with Crippen molar-refractivity contribution in [3.63, 3.8) is 0 Å². The first-order chi connectivity index (χ1) is 33.2. The van der Waals surface area contributed by atoms with Gasteiger partial charge in [-0.1, -0.05) is 6.07 Å². The molecule has 3 aliphatic heterocycles. The van der Waals surface area contributed by atoms with Gasteiger partial charge in [-0.05, 0) is 60.5 Å². The van der Waals surface area contributed by atoms with Gasteiger partial charge in [0.2, 0.25) is 17.4 Å². The highest BCUT2D eigenvalue weighted by Crippen LogP contribution is 2.34. The van der Waals surface area contributed by atoms with Crippen molar-refractivity contribution in [1.29, 1.82) is 0 Å². The largest absolute Gasteiger partial charge is 0.382 e. The van der Waals surface area contributed by atoms with E-state index in [-0.39, 0.29) is 93.7 Å². The first-order valence-corrected chi connectivity index (χ1v) is 23.3. The molecular formula is C45H50F2N6O15S. The zero-order valence-corrected chi connectivity index (χ0v) is 37.9. The summed E-state index contributed by atoms with van der Waals surface area (Å²) in [4.78, 5) is 81.0. The Labute approximate surface area is 393 Å². The SMILES string of the molecule is O=C1CCC(N2C(=O)c3cccc(NCCOCCOCCOCCOCCOCCOS(=O)(=O)c4cc5cc(N6CCC(O)(C(=O)NCc7cc(F)cc(F)c7)C6=O)ccc5[nH]4)c3C2=O)C(=O)N1. The van der Waals surface area contributed by atoms with Crippen molar-refractivity contribution in [3.05, 3.63) is 89.0 Å². The summed E-state index contributed by atoms with van der Waals surface area (Å²) in [5.41, 5.74) is -0.824. The fourth-order valence-electron chi connectivity index (χ4n) is 7.77. The summed E-state index contributed by atoms with van der Waals surface area (Å²) in [7, 11) is -4.23. The van der Waals surface area contributed by atoms with Gasteiger partial charge < -0.3 is 49.3 Å². The highest BCUT2D eigenvalue weighted by molar-refractivity contribution is 7.86. The second-order valence-electron chi connectivity index (χ2n) is 15.9. The van der Waals surface area contributed by atoms with E-state index in [4.69, 9.17) is 27.9 Å². The molecule has 5 N–H and O–H groups in total. The molecule has 2 saturated heterocycles. The number of carbonyl (C=O) groups excluding carboxylic acids is 6. The number of amides is 6. The zero-order valence-electron chi connectivity index (χ0n) is 37.1. The van der Waals surface area contributed by atoms with Crippen LogP contribution in [0.1, 0.15) is 45.5 Å². The first kappa shape index (κ1) is 50.6. The van der Waals surface area contributed by atoms with Crippen LogP contribution in [0.2, 0.25) is 0 Å². The average Bonchev–Trinajstić information content (AvgIpc) is 3.97. The van der Waals surface area contributed by atoms with Gasteiger partial charge in [0, 0.05) is 60.8 Å². The van der Waals surface area contributed by atoms with Crippen LogP contribution >= 0.6 is 0 Å². The molecule has 0 aliphatic carbocycles. The van der Waals surface area contributed by atoms with Crippen LogP contribution in [-0.2, 0) is 63.7 Å². The summed E-state index contributed by atoms with van der Waals surface area (Å²) in [6, 6.07) is 12.4. The Balaban J connectivity index is 0.696. The standard InChI is InChI=1S/C45H50F2N6O15S/c46-30-22-28(23-31(47)26-30)27-49-43(58)45(60)8-10-52(44(45)59)32-4-5-34-29(24-32)25-38(50-34)69(61,62)68-21-20-67-19-18-66-17-16-65-15-14-64-13-12-63-11-9-48-35-3-1-2-33-39(35)42(57)53(41(33)56)36-6-7-37(54)51-40(36)55/h1-5,22-26,36,48,50,60H,6-21,27H2,(H,49,58)(H,51,54,55). The topological polar surface area (TPSA) is 271 Å². The molecule has 6 amide bonds. The number of piperidine rings is 1. The van der Waals surface area contributed by atoms with Crippen molar-refractivity contribution in [2.24, 2.45) is 0 Å². The van der Waals surface area contributed by atoms with E-state index in [0.29, 0.717) is 67.9 Å². The number of carbonyl (C=O) groups is 6. The van der Waals surface area contributed by atoms with E-state index >= 15 is 0 Å². The lowest BCUT2D eigenvalue weighted by Crippen LogP contribution is -2.54. The number of halogens is 2. The van der Waals surface area contributed by atoms with Crippen LogP contribution in [0.25, 0.3) is 10.9 Å². The van der Waals surface area contributed by atoms with Gasteiger partial charge in [-0.25, -0.2) is 8.78 Å². The number of hydrogen-bond acceptors (Lipinski definition) is 16. The molecule has 4 aromatic rings. The van der Waals surface area contributed by atoms with E-state index in [1.54, 1.807) is 12.1 Å². The number of benzene rings is 3. The number of fused-ring (bicyclic) bond motifs is 2. The molecule has 3 aliphatic rings. The molecule has 0 bridgehead atoms. The maximum absolute atomic E-state index is 13.5. The molecule has 0 saturated carbocycles. The predicted molar refractivity (Wildman–Crippen MR) is 237 cm³/mol. The Bertz CT molecular complexity index is 2670. The van der Waals surface area contributed by atoms with E-state index < -0.39 is 68.8 Å². The van der Waals surface area contributed by atoms with Gasteiger partial charge in [-0.15, -0.1) is 0 Å². The Morgan fingerprint density at radius 1 is 0.797 bits per heavy atom. The van der Waals surface area contributed by atoms with Crippen LogP contribution in [-0.4, -0.2) is 156 Å². The number of anilines is 2. The molecule has 1 aromatic heterocycles. The van der Waals surface area contributed by atoms with Crippen molar-refractivity contribution in [1.82, 2.24) is 20.5 Å². The molecule has 69 heavy (non-hydrogen) atoms. The van der Waals surface area contributed by atoms with Gasteiger partial charge in [-0.2, -0.15) is 8.42 Å². The minimum atomic E-state index is -4.23. The number of hydrogen-bond donors (Lipinski definition) is 5. The summed E-state index contributed by atoms with van der Waals surface area (Å²) in [5, 5.41) is 18.8. The van der Waals surface area contributed by atoms with Gasteiger partial charge >= 0.3 is 10.1 Å². The summed E-state index contributed by atoms with van der Waals surface area (Å²) >= 11 is 0. The van der Waals surface area contributed by atoms with Gasteiger partial charge in [-0.3, -0.25) is 43.2 Å². The van der Waals surface area contributed by atoms with Crippen LogP contribution in [0.4, 0.5) is 20.2 Å². The third kappa shape index (κ3) is 12.3. The van der Waals surface area contributed by atoms with Crippen molar-refractivity contribution in [2.45, 2.75) is 42.5 Å². The fraction of sp³-hybridized carbons (Fsp3) is 0.422. The molecule has 2 atom stereocenters. The minimum absolute atomic E-state index is 0.0333. The maximum Gasteiger partial charge on any atom is 0.312 e. The highest BCUT2D eigenvalue weighted by atomic mass is 32.2. The molecule has 370 valence electrons. The molecule has 2 unspecified atom stereocenters. The number of aromatic amines is 1. The Morgan fingerprint density at radius 2 is 1.43 bits per heavy atom. The van der Waals surface area contributed by atoms with Crippen LogP contribution in [0.15, 0.2) is 65.7 Å².